The predicted octanol–water partition coefficient (Wildman–Crippen LogP) is 4.58. The van der Waals surface area contributed by atoms with Gasteiger partial charge in [0, 0.05) is 15.0 Å². The van der Waals surface area contributed by atoms with Gasteiger partial charge in [-0.2, -0.15) is 0 Å². The third-order valence-electron chi connectivity index (χ3n) is 3.17. The van der Waals surface area contributed by atoms with Crippen molar-refractivity contribution in [3.05, 3.63) is 68.6 Å². The van der Waals surface area contributed by atoms with Gasteiger partial charge in [0.1, 0.15) is 0 Å². The molecule has 19 heavy (non-hydrogen) atoms. The number of hydrogen-bond acceptors (Lipinski definition) is 1. The lowest BCUT2D eigenvalue weighted by atomic mass is 9.99. The van der Waals surface area contributed by atoms with Gasteiger partial charge in [-0.05, 0) is 55.3 Å². The van der Waals surface area contributed by atoms with Crippen LogP contribution in [0.2, 0.25) is 0 Å². The first-order valence-electron chi connectivity index (χ1n) is 6.33. The van der Waals surface area contributed by atoms with E-state index in [-0.39, 0.29) is 0 Å². The third kappa shape index (κ3) is 4.75. The Morgan fingerprint density at radius 1 is 0.895 bits per heavy atom. The number of halogens is 2. The Balaban J connectivity index is 2.02. The zero-order chi connectivity index (χ0) is 13.7. The lowest BCUT2D eigenvalue weighted by molar-refractivity contribution is 0.556. The van der Waals surface area contributed by atoms with E-state index in [4.69, 9.17) is 0 Å². The van der Waals surface area contributed by atoms with E-state index in [1.165, 1.54) is 11.1 Å². The summed E-state index contributed by atoms with van der Waals surface area (Å²) < 4.78 is 2.27. The minimum absolute atomic E-state index is 0.454. The van der Waals surface area contributed by atoms with E-state index in [1.54, 1.807) is 0 Å². The quantitative estimate of drug-likeness (QED) is 0.797. The highest BCUT2D eigenvalue weighted by molar-refractivity contribution is 9.10. The highest BCUT2D eigenvalue weighted by Gasteiger charge is 2.08. The molecule has 0 radical (unpaired) electrons. The standard InChI is InChI=1S/C16H17Br2N/c1-19-16(10-12-5-7-14(17)8-6-12)11-13-3-2-4-15(18)9-13/h2-9,16,19H,10-11H2,1H3. The highest BCUT2D eigenvalue weighted by atomic mass is 79.9. The highest BCUT2D eigenvalue weighted by Crippen LogP contribution is 2.16. The molecule has 0 saturated carbocycles. The number of hydrogen-bond donors (Lipinski definition) is 1. The van der Waals surface area contributed by atoms with Crippen LogP contribution in [0.4, 0.5) is 0 Å². The molecule has 0 heterocycles. The summed E-state index contributed by atoms with van der Waals surface area (Å²) in [7, 11) is 2.03. The van der Waals surface area contributed by atoms with Crippen molar-refractivity contribution >= 4 is 31.9 Å². The van der Waals surface area contributed by atoms with Gasteiger partial charge in [0.2, 0.25) is 0 Å². The van der Waals surface area contributed by atoms with Gasteiger partial charge in [0.15, 0.2) is 0 Å². The van der Waals surface area contributed by atoms with Crippen molar-refractivity contribution in [2.24, 2.45) is 0 Å². The maximum Gasteiger partial charge on any atom is 0.0178 e. The molecule has 0 fully saturated rings. The van der Waals surface area contributed by atoms with Crippen LogP contribution in [-0.4, -0.2) is 13.1 Å². The molecule has 2 aromatic rings. The molecule has 0 amide bonds. The van der Waals surface area contributed by atoms with Crippen molar-refractivity contribution in [1.82, 2.24) is 5.32 Å². The molecule has 0 aliphatic heterocycles. The maximum atomic E-state index is 3.52. The van der Waals surface area contributed by atoms with E-state index in [0.717, 1.165) is 21.8 Å². The fourth-order valence-corrected chi connectivity index (χ4v) is 2.84. The Bertz CT molecular complexity index is 523. The minimum Gasteiger partial charge on any atom is -0.316 e. The molecule has 0 aromatic heterocycles. The van der Waals surface area contributed by atoms with E-state index < -0.39 is 0 Å². The monoisotopic (exact) mass is 381 g/mol. The van der Waals surface area contributed by atoms with E-state index in [1.807, 2.05) is 7.05 Å². The molecule has 100 valence electrons. The number of benzene rings is 2. The van der Waals surface area contributed by atoms with Crippen molar-refractivity contribution in [3.63, 3.8) is 0 Å². The molecule has 1 N–H and O–H groups in total. The second-order valence-corrected chi connectivity index (χ2v) is 6.48. The van der Waals surface area contributed by atoms with Crippen molar-refractivity contribution in [1.29, 1.82) is 0 Å². The van der Waals surface area contributed by atoms with Crippen LogP contribution in [0.15, 0.2) is 57.5 Å². The van der Waals surface area contributed by atoms with Crippen molar-refractivity contribution in [2.75, 3.05) is 7.05 Å². The smallest absolute Gasteiger partial charge is 0.0178 e. The van der Waals surface area contributed by atoms with Crippen molar-refractivity contribution in [2.45, 2.75) is 18.9 Å². The van der Waals surface area contributed by atoms with Gasteiger partial charge in [-0.1, -0.05) is 56.1 Å². The van der Waals surface area contributed by atoms with Gasteiger partial charge < -0.3 is 5.32 Å². The van der Waals surface area contributed by atoms with E-state index >= 15 is 0 Å². The Kier molecular flexibility index (Phi) is 5.61. The van der Waals surface area contributed by atoms with Crippen LogP contribution in [0.25, 0.3) is 0 Å². The molecule has 1 atom stereocenters. The van der Waals surface area contributed by atoms with Crippen molar-refractivity contribution < 1.29 is 0 Å². The zero-order valence-corrected chi connectivity index (χ0v) is 14.0. The summed E-state index contributed by atoms with van der Waals surface area (Å²) in [4.78, 5) is 0. The average molecular weight is 383 g/mol. The molecule has 1 unspecified atom stereocenters. The van der Waals surface area contributed by atoms with Gasteiger partial charge in [-0.25, -0.2) is 0 Å². The van der Waals surface area contributed by atoms with Crippen LogP contribution in [0, 0.1) is 0 Å². The lowest BCUT2D eigenvalue weighted by Gasteiger charge is -2.16. The molecule has 2 aromatic carbocycles. The largest absolute Gasteiger partial charge is 0.316 e. The lowest BCUT2D eigenvalue weighted by Crippen LogP contribution is -2.29. The van der Waals surface area contributed by atoms with Crippen LogP contribution in [-0.2, 0) is 12.8 Å². The van der Waals surface area contributed by atoms with Crippen LogP contribution in [0.1, 0.15) is 11.1 Å². The third-order valence-corrected chi connectivity index (χ3v) is 4.20. The van der Waals surface area contributed by atoms with Gasteiger partial charge in [-0.3, -0.25) is 0 Å². The summed E-state index contributed by atoms with van der Waals surface area (Å²) in [5.74, 6) is 0. The first kappa shape index (κ1) is 14.8. The van der Waals surface area contributed by atoms with Gasteiger partial charge in [0.25, 0.3) is 0 Å². The van der Waals surface area contributed by atoms with Gasteiger partial charge >= 0.3 is 0 Å². The average Bonchev–Trinajstić information content (AvgIpc) is 2.40. The second kappa shape index (κ2) is 7.22. The second-order valence-electron chi connectivity index (χ2n) is 4.65. The molecular formula is C16H17Br2N. The molecular weight excluding hydrogens is 366 g/mol. The maximum absolute atomic E-state index is 3.52. The van der Waals surface area contributed by atoms with Crippen LogP contribution < -0.4 is 5.32 Å². The summed E-state index contributed by atoms with van der Waals surface area (Å²) in [5.41, 5.74) is 2.71. The van der Waals surface area contributed by atoms with Crippen LogP contribution in [0.5, 0.6) is 0 Å². The summed E-state index contributed by atoms with van der Waals surface area (Å²) >= 11 is 6.99. The summed E-state index contributed by atoms with van der Waals surface area (Å²) in [6, 6.07) is 17.5. The molecule has 2 rings (SSSR count). The topological polar surface area (TPSA) is 12.0 Å². The molecule has 1 nitrogen and oxygen atoms in total. The Morgan fingerprint density at radius 3 is 2.21 bits per heavy atom. The molecule has 0 bridgehead atoms. The number of likely N-dealkylation sites (N-methyl/N-ethyl adjacent to an activating group) is 1. The molecule has 0 saturated heterocycles. The van der Waals surface area contributed by atoms with Gasteiger partial charge in [0.05, 0.1) is 0 Å². The number of rotatable bonds is 5. The summed E-state index contributed by atoms with van der Waals surface area (Å²) in [6.07, 6.45) is 2.07. The van der Waals surface area contributed by atoms with Crippen molar-refractivity contribution in [3.8, 4) is 0 Å². The van der Waals surface area contributed by atoms with Gasteiger partial charge in [-0.15, -0.1) is 0 Å². The fourth-order valence-electron chi connectivity index (χ4n) is 2.13. The van der Waals surface area contributed by atoms with E-state index in [9.17, 15) is 0 Å². The predicted molar refractivity (Wildman–Crippen MR) is 88.5 cm³/mol. The van der Waals surface area contributed by atoms with E-state index in [2.05, 4.69) is 85.7 Å². The Labute approximate surface area is 131 Å². The SMILES string of the molecule is CNC(Cc1ccc(Br)cc1)Cc1cccc(Br)c1. The first-order chi connectivity index (χ1) is 9.17. The summed E-state index contributed by atoms with van der Waals surface area (Å²) in [6.45, 7) is 0. The molecule has 3 heteroatoms. The molecule has 0 aliphatic rings. The zero-order valence-electron chi connectivity index (χ0n) is 10.9. The fraction of sp³-hybridized carbons (Fsp3) is 0.250. The van der Waals surface area contributed by atoms with Crippen LogP contribution >= 0.6 is 31.9 Å². The first-order valence-corrected chi connectivity index (χ1v) is 7.92. The Morgan fingerprint density at radius 2 is 1.58 bits per heavy atom. The van der Waals surface area contributed by atoms with E-state index in [0.29, 0.717) is 6.04 Å². The minimum atomic E-state index is 0.454. The summed E-state index contributed by atoms with van der Waals surface area (Å²) in [5, 5.41) is 3.41. The molecule has 0 spiro atoms. The normalized spacial score (nSPS) is 12.4. The van der Waals surface area contributed by atoms with Crippen LogP contribution in [0.3, 0.4) is 0 Å². The Hall–Kier alpha value is -0.640. The molecule has 0 aliphatic carbocycles. The number of nitrogens with one attached hydrogen (secondary N) is 1.